The molecule has 1 aromatic heterocycles. The number of methoxy groups -OCH3 is 1. The second kappa shape index (κ2) is 10.4. The fraction of sp³-hybridized carbons (Fsp3) is 0.500. The van der Waals surface area contributed by atoms with Crippen LogP contribution in [0.4, 0.5) is 16.3 Å². The summed E-state index contributed by atoms with van der Waals surface area (Å²) in [6.07, 6.45) is 7.54. The van der Waals surface area contributed by atoms with Gasteiger partial charge in [0.2, 0.25) is 0 Å². The number of rotatable bonds is 6. The van der Waals surface area contributed by atoms with Crippen molar-refractivity contribution in [1.29, 1.82) is 0 Å². The first-order valence-corrected chi connectivity index (χ1v) is 11.3. The first kappa shape index (κ1) is 21.3. The molecule has 1 aromatic carbocycles. The molecule has 31 heavy (non-hydrogen) atoms. The van der Waals surface area contributed by atoms with E-state index in [-0.39, 0.29) is 12.1 Å². The Morgan fingerprint density at radius 1 is 1.00 bits per heavy atom. The van der Waals surface area contributed by atoms with Gasteiger partial charge in [0.25, 0.3) is 0 Å². The van der Waals surface area contributed by atoms with Crippen molar-refractivity contribution >= 4 is 17.5 Å². The third-order valence-corrected chi connectivity index (χ3v) is 6.21. The summed E-state index contributed by atoms with van der Waals surface area (Å²) in [5, 5.41) is 6.09. The maximum atomic E-state index is 12.3. The summed E-state index contributed by atoms with van der Waals surface area (Å²) in [6, 6.07) is 12.4. The summed E-state index contributed by atoms with van der Waals surface area (Å²) in [5.74, 6) is 1.91. The van der Waals surface area contributed by atoms with E-state index >= 15 is 0 Å². The molecule has 0 saturated carbocycles. The molecule has 0 unspecified atom stereocenters. The minimum atomic E-state index is -0.108. The van der Waals surface area contributed by atoms with Gasteiger partial charge in [-0.2, -0.15) is 0 Å². The minimum absolute atomic E-state index is 0.108. The molecule has 0 aliphatic carbocycles. The third kappa shape index (κ3) is 5.81. The molecule has 7 nitrogen and oxygen atoms in total. The molecule has 2 N–H and O–H groups in total. The summed E-state index contributed by atoms with van der Waals surface area (Å²) in [7, 11) is 1.68. The molecular weight excluding hydrogens is 390 g/mol. The number of nitrogens with one attached hydrogen (secondary N) is 2. The highest BCUT2D eigenvalue weighted by molar-refractivity contribution is 5.74. The number of piperidine rings is 2. The van der Waals surface area contributed by atoms with E-state index in [1.807, 2.05) is 18.3 Å². The number of ether oxygens (including phenoxy) is 1. The highest BCUT2D eigenvalue weighted by Crippen LogP contribution is 2.23. The Morgan fingerprint density at radius 2 is 1.74 bits per heavy atom. The molecule has 3 heterocycles. The molecule has 2 aliphatic heterocycles. The Hall–Kier alpha value is -2.96. The molecule has 2 amide bonds. The summed E-state index contributed by atoms with van der Waals surface area (Å²) < 4.78 is 5.23. The quantitative estimate of drug-likeness (QED) is 0.744. The lowest BCUT2D eigenvalue weighted by atomic mass is 10.0. The fourth-order valence-corrected chi connectivity index (χ4v) is 4.33. The van der Waals surface area contributed by atoms with Gasteiger partial charge in [0.15, 0.2) is 0 Å². The zero-order valence-electron chi connectivity index (χ0n) is 18.3. The average Bonchev–Trinajstić information content (AvgIpc) is 2.84. The molecule has 2 saturated heterocycles. The number of amides is 2. The number of hydrogen-bond donors (Lipinski definition) is 2. The Morgan fingerprint density at radius 3 is 2.39 bits per heavy atom. The summed E-state index contributed by atoms with van der Waals surface area (Å²) in [4.78, 5) is 21.6. The smallest absolute Gasteiger partial charge is 0.315 e. The van der Waals surface area contributed by atoms with E-state index in [0.29, 0.717) is 6.54 Å². The van der Waals surface area contributed by atoms with Gasteiger partial charge in [-0.3, -0.25) is 0 Å². The van der Waals surface area contributed by atoms with Crippen LogP contribution in [-0.2, 0) is 6.54 Å². The largest absolute Gasteiger partial charge is 0.497 e. The molecule has 166 valence electrons. The van der Waals surface area contributed by atoms with Gasteiger partial charge in [-0.1, -0.05) is 6.07 Å². The van der Waals surface area contributed by atoms with Crippen LogP contribution in [0.15, 0.2) is 42.6 Å². The van der Waals surface area contributed by atoms with Crippen molar-refractivity contribution in [1.82, 2.24) is 15.6 Å². The van der Waals surface area contributed by atoms with Crippen LogP contribution < -0.4 is 25.2 Å². The van der Waals surface area contributed by atoms with Crippen LogP contribution in [0.5, 0.6) is 5.75 Å². The maximum absolute atomic E-state index is 12.3. The van der Waals surface area contributed by atoms with Crippen molar-refractivity contribution in [3.8, 4) is 5.75 Å². The monoisotopic (exact) mass is 423 g/mol. The van der Waals surface area contributed by atoms with Crippen molar-refractivity contribution in [3.63, 3.8) is 0 Å². The summed E-state index contributed by atoms with van der Waals surface area (Å²) in [5.41, 5.74) is 2.22. The number of anilines is 2. The van der Waals surface area contributed by atoms with E-state index in [9.17, 15) is 4.79 Å². The molecule has 0 radical (unpaired) electrons. The van der Waals surface area contributed by atoms with Crippen LogP contribution >= 0.6 is 0 Å². The average molecular weight is 424 g/mol. The lowest BCUT2D eigenvalue weighted by Gasteiger charge is -2.34. The predicted octanol–water partition coefficient (Wildman–Crippen LogP) is 3.55. The van der Waals surface area contributed by atoms with Gasteiger partial charge in [-0.15, -0.1) is 0 Å². The standard InChI is InChI=1S/C24H33N5O2/c1-31-22-8-6-21(7-9-22)28-15-11-20(12-16-28)27-24(30)26-18-19-5-10-23(25-17-19)29-13-3-2-4-14-29/h5-10,17,20H,2-4,11-16,18H2,1H3,(H2,26,27,30). The lowest BCUT2D eigenvalue weighted by Crippen LogP contribution is -2.47. The maximum Gasteiger partial charge on any atom is 0.315 e. The van der Waals surface area contributed by atoms with Gasteiger partial charge >= 0.3 is 6.03 Å². The van der Waals surface area contributed by atoms with E-state index in [2.05, 4.69) is 49.7 Å². The predicted molar refractivity (Wildman–Crippen MR) is 124 cm³/mol. The molecule has 0 bridgehead atoms. The zero-order chi connectivity index (χ0) is 21.5. The molecule has 0 atom stereocenters. The number of pyridine rings is 1. The fourth-order valence-electron chi connectivity index (χ4n) is 4.33. The molecule has 7 heteroatoms. The topological polar surface area (TPSA) is 69.7 Å². The number of carbonyl (C=O) groups is 1. The minimum Gasteiger partial charge on any atom is -0.497 e. The Labute approximate surface area is 184 Å². The Balaban J connectivity index is 1.18. The van der Waals surface area contributed by atoms with E-state index in [0.717, 1.165) is 56.2 Å². The Bertz CT molecular complexity index is 826. The van der Waals surface area contributed by atoms with Crippen molar-refractivity contribution in [2.45, 2.75) is 44.7 Å². The molecule has 0 spiro atoms. The SMILES string of the molecule is COc1ccc(N2CCC(NC(=O)NCc3ccc(N4CCCCC4)nc3)CC2)cc1. The summed E-state index contributed by atoms with van der Waals surface area (Å²) >= 11 is 0. The van der Waals surface area contributed by atoms with Gasteiger partial charge < -0.3 is 25.2 Å². The van der Waals surface area contributed by atoms with E-state index in [1.54, 1.807) is 7.11 Å². The number of urea groups is 1. The molecular formula is C24H33N5O2. The Kier molecular flexibility index (Phi) is 7.12. The highest BCUT2D eigenvalue weighted by Gasteiger charge is 2.21. The second-order valence-electron chi connectivity index (χ2n) is 8.36. The lowest BCUT2D eigenvalue weighted by molar-refractivity contribution is 0.234. The van der Waals surface area contributed by atoms with Gasteiger partial charge in [-0.05, 0) is 68.0 Å². The molecule has 2 aliphatic rings. The number of hydrogen-bond acceptors (Lipinski definition) is 5. The van der Waals surface area contributed by atoms with Crippen molar-refractivity contribution in [2.24, 2.45) is 0 Å². The number of benzene rings is 1. The molecule has 4 rings (SSSR count). The molecule has 2 aromatic rings. The first-order valence-electron chi connectivity index (χ1n) is 11.3. The van der Waals surface area contributed by atoms with Crippen molar-refractivity contribution in [2.75, 3.05) is 43.1 Å². The van der Waals surface area contributed by atoms with Crippen LogP contribution in [0.2, 0.25) is 0 Å². The van der Waals surface area contributed by atoms with E-state index < -0.39 is 0 Å². The normalized spacial score (nSPS) is 17.3. The zero-order valence-corrected chi connectivity index (χ0v) is 18.3. The van der Waals surface area contributed by atoms with Crippen LogP contribution in [0.1, 0.15) is 37.7 Å². The number of nitrogens with zero attached hydrogens (tertiary/aromatic N) is 3. The van der Waals surface area contributed by atoms with Crippen LogP contribution in [0, 0.1) is 0 Å². The van der Waals surface area contributed by atoms with Gasteiger partial charge in [0.05, 0.1) is 7.11 Å². The molecule has 2 fully saturated rings. The summed E-state index contributed by atoms with van der Waals surface area (Å²) in [6.45, 7) is 4.52. The van der Waals surface area contributed by atoms with E-state index in [1.165, 1.54) is 24.9 Å². The van der Waals surface area contributed by atoms with Gasteiger partial charge in [-0.25, -0.2) is 9.78 Å². The third-order valence-electron chi connectivity index (χ3n) is 6.21. The van der Waals surface area contributed by atoms with E-state index in [4.69, 9.17) is 4.74 Å². The number of aromatic nitrogens is 1. The van der Waals surface area contributed by atoms with Crippen LogP contribution in [0.3, 0.4) is 0 Å². The number of carbonyl (C=O) groups excluding carboxylic acids is 1. The van der Waals surface area contributed by atoms with Crippen LogP contribution in [0.25, 0.3) is 0 Å². The van der Waals surface area contributed by atoms with Crippen molar-refractivity contribution in [3.05, 3.63) is 48.2 Å². The van der Waals surface area contributed by atoms with Gasteiger partial charge in [0, 0.05) is 50.6 Å². The van der Waals surface area contributed by atoms with Crippen LogP contribution in [-0.4, -0.2) is 50.3 Å². The van der Waals surface area contributed by atoms with Crippen molar-refractivity contribution < 1.29 is 9.53 Å². The van der Waals surface area contributed by atoms with Gasteiger partial charge in [0.1, 0.15) is 11.6 Å². The highest BCUT2D eigenvalue weighted by atomic mass is 16.5. The first-order chi connectivity index (χ1) is 15.2. The second-order valence-corrected chi connectivity index (χ2v) is 8.36.